The first-order valence-corrected chi connectivity index (χ1v) is 14.5. The van der Waals surface area contributed by atoms with Crippen LogP contribution < -0.4 is 5.32 Å². The molecular formula is C21H42N2O5Si. The fourth-order valence-corrected chi connectivity index (χ4v) is 5.69. The fourth-order valence-electron chi connectivity index (χ4n) is 4.50. The Balaban J connectivity index is 3.49. The van der Waals surface area contributed by atoms with E-state index in [-0.39, 0.29) is 12.5 Å². The molecule has 0 spiro atoms. The van der Waals surface area contributed by atoms with Crippen molar-refractivity contribution in [2.24, 2.45) is 5.92 Å². The molecule has 0 aromatic carbocycles. The van der Waals surface area contributed by atoms with Crippen LogP contribution in [0.4, 0.5) is 9.59 Å². The van der Waals surface area contributed by atoms with Crippen LogP contribution in [-0.2, 0) is 4.74 Å². The Hall–Kier alpha value is -1.28. The number of hydrogen-bond acceptors (Lipinski definition) is 4. The molecule has 0 radical (unpaired) electrons. The lowest BCUT2D eigenvalue weighted by atomic mass is 9.73. The van der Waals surface area contributed by atoms with Crippen LogP contribution in [0.2, 0.25) is 25.7 Å². The molecule has 0 saturated heterocycles. The quantitative estimate of drug-likeness (QED) is 0.491. The second-order valence-electron chi connectivity index (χ2n) is 10.6. The lowest BCUT2D eigenvalue weighted by Crippen LogP contribution is -2.68. The fraction of sp³-hybridized carbons (Fsp3) is 0.905. The molecule has 0 heterocycles. The van der Waals surface area contributed by atoms with Crippen molar-refractivity contribution in [2.45, 2.75) is 102 Å². The molecular weight excluding hydrogens is 388 g/mol. The first-order chi connectivity index (χ1) is 13.2. The van der Waals surface area contributed by atoms with E-state index in [1.54, 1.807) is 0 Å². The Morgan fingerprint density at radius 3 is 2.14 bits per heavy atom. The predicted octanol–water partition coefficient (Wildman–Crippen LogP) is 4.53. The molecule has 8 heteroatoms. The van der Waals surface area contributed by atoms with Gasteiger partial charge in [-0.1, -0.05) is 44.9 Å². The summed E-state index contributed by atoms with van der Waals surface area (Å²) in [5, 5.41) is 24.3. The van der Waals surface area contributed by atoms with Gasteiger partial charge in [0.15, 0.2) is 0 Å². The average Bonchev–Trinajstić information content (AvgIpc) is 2.61. The first kappa shape index (κ1) is 25.8. The summed E-state index contributed by atoms with van der Waals surface area (Å²) in [6, 6.07) is 0.827. The minimum absolute atomic E-state index is 0.00266. The van der Waals surface area contributed by atoms with Gasteiger partial charge in [0.05, 0.1) is 6.10 Å². The molecule has 2 amide bonds. The Kier molecular flexibility index (Phi) is 9.02. The van der Waals surface area contributed by atoms with Crippen molar-refractivity contribution in [3.63, 3.8) is 0 Å². The highest BCUT2D eigenvalue weighted by Crippen LogP contribution is 2.41. The van der Waals surface area contributed by atoms with Crippen molar-refractivity contribution in [1.82, 2.24) is 10.2 Å². The molecule has 7 nitrogen and oxygen atoms in total. The lowest BCUT2D eigenvalue weighted by molar-refractivity contribution is -0.113. The van der Waals surface area contributed by atoms with Gasteiger partial charge in [-0.15, -0.1) is 0 Å². The van der Waals surface area contributed by atoms with Crippen molar-refractivity contribution < 1.29 is 24.5 Å². The van der Waals surface area contributed by atoms with E-state index in [4.69, 9.17) is 4.74 Å². The molecule has 3 N–H and O–H groups in total. The molecule has 0 aromatic heterocycles. The van der Waals surface area contributed by atoms with Gasteiger partial charge >= 0.3 is 12.2 Å². The minimum Gasteiger partial charge on any atom is -0.465 e. The summed E-state index contributed by atoms with van der Waals surface area (Å²) in [4.78, 5) is 25.8. The zero-order chi connectivity index (χ0) is 22.5. The molecule has 29 heavy (non-hydrogen) atoms. The van der Waals surface area contributed by atoms with Gasteiger partial charge in [0, 0.05) is 20.7 Å². The summed E-state index contributed by atoms with van der Waals surface area (Å²) in [7, 11) is -0.0788. The number of carbonyl (C=O) groups excluding carboxylic acids is 1. The third kappa shape index (κ3) is 7.17. The maximum absolute atomic E-state index is 12.5. The van der Waals surface area contributed by atoms with Gasteiger partial charge in [-0.2, -0.15) is 0 Å². The summed E-state index contributed by atoms with van der Waals surface area (Å²) in [6.45, 7) is 12.0. The van der Waals surface area contributed by atoms with Gasteiger partial charge in [0.25, 0.3) is 0 Å². The predicted molar refractivity (Wildman–Crippen MR) is 118 cm³/mol. The SMILES string of the molecule is CNC(=O)OC[C@](CC[Si](C)(C)C)([C@@H](O)C1CCCCC1)N(C(=O)O)C(C)(C)C. The summed E-state index contributed by atoms with van der Waals surface area (Å²) < 4.78 is 5.46. The van der Waals surface area contributed by atoms with Crippen LogP contribution in [-0.4, -0.2) is 66.2 Å². The van der Waals surface area contributed by atoms with Gasteiger partial charge in [-0.05, 0) is 46.0 Å². The normalized spacial score (nSPS) is 19.2. The van der Waals surface area contributed by atoms with E-state index in [0.717, 1.165) is 38.1 Å². The van der Waals surface area contributed by atoms with Crippen LogP contribution >= 0.6 is 0 Å². The highest BCUT2D eigenvalue weighted by Gasteiger charge is 2.53. The molecule has 1 rings (SSSR count). The van der Waals surface area contributed by atoms with E-state index in [2.05, 4.69) is 25.0 Å². The number of aliphatic hydroxyl groups excluding tert-OH is 1. The van der Waals surface area contributed by atoms with Gasteiger partial charge in [-0.25, -0.2) is 9.59 Å². The molecule has 1 saturated carbocycles. The van der Waals surface area contributed by atoms with Crippen LogP contribution in [0, 0.1) is 5.92 Å². The summed E-state index contributed by atoms with van der Waals surface area (Å²) in [6.07, 6.45) is 2.82. The van der Waals surface area contributed by atoms with Crippen LogP contribution in [0.25, 0.3) is 0 Å². The van der Waals surface area contributed by atoms with E-state index in [1.807, 2.05) is 20.8 Å². The van der Waals surface area contributed by atoms with E-state index >= 15 is 0 Å². The highest BCUT2D eigenvalue weighted by molar-refractivity contribution is 6.76. The van der Waals surface area contributed by atoms with E-state index in [1.165, 1.54) is 11.9 Å². The summed E-state index contributed by atoms with van der Waals surface area (Å²) in [5.41, 5.74) is -1.94. The second kappa shape index (κ2) is 10.2. The smallest absolute Gasteiger partial charge is 0.408 e. The lowest BCUT2D eigenvalue weighted by Gasteiger charge is -2.53. The topological polar surface area (TPSA) is 99.1 Å². The van der Waals surface area contributed by atoms with Gasteiger partial charge < -0.3 is 20.3 Å². The van der Waals surface area contributed by atoms with Crippen molar-refractivity contribution in [3.8, 4) is 0 Å². The number of ether oxygens (including phenoxy) is 1. The van der Waals surface area contributed by atoms with E-state index < -0.39 is 37.4 Å². The Morgan fingerprint density at radius 1 is 1.17 bits per heavy atom. The molecule has 0 unspecified atom stereocenters. The van der Waals surface area contributed by atoms with E-state index in [0.29, 0.717) is 6.42 Å². The molecule has 1 aliphatic carbocycles. The zero-order valence-electron chi connectivity index (χ0n) is 19.4. The summed E-state index contributed by atoms with van der Waals surface area (Å²) >= 11 is 0. The number of hydrogen-bond donors (Lipinski definition) is 3. The molecule has 0 aromatic rings. The van der Waals surface area contributed by atoms with Crippen LogP contribution in [0.15, 0.2) is 0 Å². The van der Waals surface area contributed by atoms with Gasteiger partial charge in [0.2, 0.25) is 0 Å². The number of rotatable bonds is 8. The van der Waals surface area contributed by atoms with Crippen molar-refractivity contribution in [1.29, 1.82) is 0 Å². The van der Waals surface area contributed by atoms with Crippen molar-refractivity contribution >= 4 is 20.3 Å². The monoisotopic (exact) mass is 430 g/mol. The molecule has 1 fully saturated rings. The number of carbonyl (C=O) groups is 2. The molecule has 1 aliphatic rings. The average molecular weight is 431 g/mol. The van der Waals surface area contributed by atoms with Crippen LogP contribution in [0.1, 0.15) is 59.3 Å². The maximum atomic E-state index is 12.5. The van der Waals surface area contributed by atoms with Gasteiger partial charge in [-0.3, -0.25) is 4.90 Å². The third-order valence-electron chi connectivity index (χ3n) is 5.92. The summed E-state index contributed by atoms with van der Waals surface area (Å²) in [5.74, 6) is 0.00266. The van der Waals surface area contributed by atoms with E-state index in [9.17, 15) is 19.8 Å². The molecule has 170 valence electrons. The highest BCUT2D eigenvalue weighted by atomic mass is 28.3. The Labute approximate surface area is 177 Å². The number of aliphatic hydroxyl groups is 1. The van der Waals surface area contributed by atoms with Gasteiger partial charge in [0.1, 0.15) is 12.1 Å². The number of nitrogens with one attached hydrogen (secondary N) is 1. The van der Waals surface area contributed by atoms with Crippen LogP contribution in [0.3, 0.4) is 0 Å². The number of nitrogens with zero attached hydrogens (tertiary/aromatic N) is 1. The van der Waals surface area contributed by atoms with Crippen molar-refractivity contribution in [2.75, 3.05) is 13.7 Å². The molecule has 0 aliphatic heterocycles. The molecule has 2 atom stereocenters. The standard InChI is InChI=1S/C21H42N2O5Si/c1-20(2,3)23(19(26)27)21(13-14-29(5,6)7,15-28-18(25)22-4)17(24)16-11-9-8-10-12-16/h16-17,24H,8-15H2,1-7H3,(H,22,25)(H,26,27)/t17-,21+/m0/s1. The zero-order valence-corrected chi connectivity index (χ0v) is 20.4. The number of alkyl carbamates (subject to hydrolysis) is 1. The Morgan fingerprint density at radius 2 is 1.72 bits per heavy atom. The first-order valence-electron chi connectivity index (χ1n) is 10.8. The van der Waals surface area contributed by atoms with Crippen LogP contribution in [0.5, 0.6) is 0 Å². The maximum Gasteiger partial charge on any atom is 0.408 e. The minimum atomic E-state index is -1.55. The Bertz CT molecular complexity index is 552. The number of amides is 2. The number of carboxylic acid groups (broad SMARTS) is 1. The second-order valence-corrected chi connectivity index (χ2v) is 16.2. The third-order valence-corrected chi connectivity index (χ3v) is 7.67. The molecule has 0 bridgehead atoms. The van der Waals surface area contributed by atoms with Crippen molar-refractivity contribution in [3.05, 3.63) is 0 Å². The largest absolute Gasteiger partial charge is 0.465 e.